The molecular weight excluding hydrogens is 437 g/mol. The van der Waals surface area contributed by atoms with Gasteiger partial charge in [0, 0.05) is 58.0 Å². The van der Waals surface area contributed by atoms with Crippen LogP contribution in [0.4, 0.5) is 33.1 Å². The minimum atomic E-state index is -0.378. The second kappa shape index (κ2) is 9.50. The molecule has 0 N–H and O–H groups in total. The summed E-state index contributed by atoms with van der Waals surface area (Å²) in [5.74, 6) is 0.425. The van der Waals surface area contributed by atoms with Crippen molar-refractivity contribution in [2.75, 3.05) is 72.0 Å². The molecule has 0 bridgehead atoms. The van der Waals surface area contributed by atoms with E-state index in [-0.39, 0.29) is 16.4 Å². The van der Waals surface area contributed by atoms with E-state index >= 15 is 0 Å². The van der Waals surface area contributed by atoms with Gasteiger partial charge in [-0.15, -0.1) is 0 Å². The van der Waals surface area contributed by atoms with Gasteiger partial charge in [-0.1, -0.05) is 30.3 Å². The summed E-state index contributed by atoms with van der Waals surface area (Å²) in [7, 11) is 0. The molecule has 10 heteroatoms. The lowest BCUT2D eigenvalue weighted by atomic mass is 10.2. The number of hydrogen-bond acceptors (Lipinski definition) is 8. The molecule has 0 radical (unpaired) electrons. The molecule has 0 amide bonds. The molecule has 0 unspecified atom stereocenters. The van der Waals surface area contributed by atoms with E-state index in [4.69, 9.17) is 0 Å². The summed E-state index contributed by atoms with van der Waals surface area (Å²) in [6, 6.07) is 16.8. The van der Waals surface area contributed by atoms with Gasteiger partial charge in [-0.3, -0.25) is 10.1 Å². The Balaban J connectivity index is 1.32. The van der Waals surface area contributed by atoms with Crippen molar-refractivity contribution in [1.29, 1.82) is 0 Å². The van der Waals surface area contributed by atoms with E-state index in [1.165, 1.54) is 12.4 Å². The minimum Gasteiger partial charge on any atom is -0.368 e. The maximum absolute atomic E-state index is 14.2. The Hall–Kier alpha value is -3.95. The highest BCUT2D eigenvalue weighted by Crippen LogP contribution is 2.35. The van der Waals surface area contributed by atoms with Crippen molar-refractivity contribution in [3.8, 4) is 0 Å². The van der Waals surface area contributed by atoms with Gasteiger partial charge in [0.05, 0.1) is 10.6 Å². The number of nitrogens with zero attached hydrogens (tertiary/aromatic N) is 7. The van der Waals surface area contributed by atoms with Crippen LogP contribution in [0.5, 0.6) is 0 Å². The first-order valence-corrected chi connectivity index (χ1v) is 11.4. The normalized spacial score (nSPS) is 16.6. The number of anilines is 4. The van der Waals surface area contributed by atoms with Crippen molar-refractivity contribution in [3.05, 3.63) is 76.9 Å². The maximum Gasteiger partial charge on any atom is 0.353 e. The van der Waals surface area contributed by atoms with Gasteiger partial charge in [-0.05, 0) is 24.3 Å². The molecule has 3 heterocycles. The van der Waals surface area contributed by atoms with Crippen LogP contribution in [0.2, 0.25) is 0 Å². The second-order valence-electron chi connectivity index (χ2n) is 8.36. The largest absolute Gasteiger partial charge is 0.368 e. The van der Waals surface area contributed by atoms with Crippen molar-refractivity contribution < 1.29 is 9.31 Å². The van der Waals surface area contributed by atoms with Crippen molar-refractivity contribution >= 4 is 28.7 Å². The van der Waals surface area contributed by atoms with Gasteiger partial charge in [-0.25, -0.2) is 14.4 Å². The van der Waals surface area contributed by atoms with Crippen LogP contribution >= 0.6 is 0 Å². The third kappa shape index (κ3) is 4.30. The molecule has 176 valence electrons. The van der Waals surface area contributed by atoms with Gasteiger partial charge in [-0.2, -0.15) is 0 Å². The Bertz CT molecular complexity index is 1150. The molecule has 0 saturated carbocycles. The Morgan fingerprint density at radius 3 is 1.76 bits per heavy atom. The Morgan fingerprint density at radius 1 is 0.706 bits per heavy atom. The molecule has 2 saturated heterocycles. The van der Waals surface area contributed by atoms with E-state index < -0.39 is 0 Å². The third-order valence-corrected chi connectivity index (χ3v) is 6.44. The van der Waals surface area contributed by atoms with Crippen LogP contribution in [0.1, 0.15) is 0 Å². The lowest BCUT2D eigenvalue weighted by Crippen LogP contribution is -2.48. The molecule has 2 aliphatic heterocycles. The fourth-order valence-electron chi connectivity index (χ4n) is 4.67. The lowest BCUT2D eigenvalue weighted by Gasteiger charge is -2.38. The molecular formula is C24H26FN7O2. The SMILES string of the molecule is O=[N+]([O-])c1c(N2CCN(c3ccccc3)CC2)ncnc1N1CCN(c2ccccc2F)CC1. The van der Waals surface area contributed by atoms with Crippen LogP contribution < -0.4 is 19.6 Å². The number of rotatable bonds is 5. The van der Waals surface area contributed by atoms with E-state index in [0.717, 1.165) is 18.8 Å². The first kappa shape index (κ1) is 21.9. The van der Waals surface area contributed by atoms with E-state index in [1.54, 1.807) is 12.1 Å². The predicted octanol–water partition coefficient (Wildman–Crippen LogP) is 3.18. The highest BCUT2D eigenvalue weighted by Gasteiger charge is 2.33. The Kier molecular flexibility index (Phi) is 6.11. The van der Waals surface area contributed by atoms with Gasteiger partial charge >= 0.3 is 5.69 Å². The predicted molar refractivity (Wildman–Crippen MR) is 130 cm³/mol. The summed E-state index contributed by atoms with van der Waals surface area (Å²) in [6.07, 6.45) is 1.41. The average Bonchev–Trinajstić information content (AvgIpc) is 2.89. The summed E-state index contributed by atoms with van der Waals surface area (Å²) < 4.78 is 14.2. The summed E-state index contributed by atoms with van der Waals surface area (Å²) in [5, 5.41) is 12.1. The van der Waals surface area contributed by atoms with E-state index in [9.17, 15) is 14.5 Å². The zero-order chi connectivity index (χ0) is 23.5. The van der Waals surface area contributed by atoms with Gasteiger partial charge in [0.15, 0.2) is 0 Å². The fraction of sp³-hybridized carbons (Fsp3) is 0.333. The smallest absolute Gasteiger partial charge is 0.353 e. The molecule has 1 aromatic heterocycles. The zero-order valence-corrected chi connectivity index (χ0v) is 18.8. The number of benzene rings is 2. The lowest BCUT2D eigenvalue weighted by molar-refractivity contribution is -0.383. The van der Waals surface area contributed by atoms with Gasteiger partial charge < -0.3 is 19.6 Å². The topological polar surface area (TPSA) is 81.9 Å². The van der Waals surface area contributed by atoms with E-state index in [1.807, 2.05) is 39.0 Å². The number of para-hydroxylation sites is 2. The molecule has 3 aromatic rings. The average molecular weight is 464 g/mol. The number of hydrogen-bond donors (Lipinski definition) is 0. The highest BCUT2D eigenvalue weighted by molar-refractivity contribution is 5.72. The monoisotopic (exact) mass is 463 g/mol. The molecule has 9 nitrogen and oxygen atoms in total. The zero-order valence-electron chi connectivity index (χ0n) is 18.8. The van der Waals surface area contributed by atoms with Crippen LogP contribution in [0.15, 0.2) is 60.9 Å². The highest BCUT2D eigenvalue weighted by atomic mass is 19.1. The molecule has 34 heavy (non-hydrogen) atoms. The Morgan fingerprint density at radius 2 is 1.21 bits per heavy atom. The van der Waals surface area contributed by atoms with Crippen LogP contribution in [-0.2, 0) is 0 Å². The van der Waals surface area contributed by atoms with E-state index in [0.29, 0.717) is 56.6 Å². The maximum atomic E-state index is 14.2. The third-order valence-electron chi connectivity index (χ3n) is 6.44. The molecule has 2 fully saturated rings. The fourth-order valence-corrected chi connectivity index (χ4v) is 4.67. The number of aromatic nitrogens is 2. The summed E-state index contributed by atoms with van der Waals surface area (Å²) >= 11 is 0. The summed E-state index contributed by atoms with van der Waals surface area (Å²) in [6.45, 7) is 4.88. The van der Waals surface area contributed by atoms with Crippen LogP contribution in [-0.4, -0.2) is 67.2 Å². The first-order chi connectivity index (χ1) is 16.6. The Labute approximate surface area is 197 Å². The first-order valence-electron chi connectivity index (χ1n) is 11.4. The van der Waals surface area contributed by atoms with Crippen LogP contribution in [0, 0.1) is 15.9 Å². The molecule has 5 rings (SSSR count). The number of halogens is 1. The second-order valence-corrected chi connectivity index (χ2v) is 8.36. The van der Waals surface area contributed by atoms with Crippen molar-refractivity contribution in [1.82, 2.24) is 9.97 Å². The standard InChI is InChI=1S/C24H26FN7O2/c25-20-8-4-5-9-21(20)29-12-16-31(17-13-29)24-22(32(33)34)23(26-18-27-24)30-14-10-28(11-15-30)19-6-2-1-3-7-19/h1-9,18H,10-17H2. The van der Waals surface area contributed by atoms with E-state index in [2.05, 4.69) is 27.0 Å². The minimum absolute atomic E-state index is 0.0602. The molecule has 2 aliphatic rings. The van der Waals surface area contributed by atoms with Crippen molar-refractivity contribution in [2.24, 2.45) is 0 Å². The molecule has 0 aliphatic carbocycles. The van der Waals surface area contributed by atoms with Gasteiger partial charge in [0.2, 0.25) is 11.6 Å². The molecule has 2 aromatic carbocycles. The van der Waals surface area contributed by atoms with Crippen LogP contribution in [0.25, 0.3) is 0 Å². The van der Waals surface area contributed by atoms with Crippen molar-refractivity contribution in [2.45, 2.75) is 0 Å². The summed E-state index contributed by atoms with van der Waals surface area (Å²) in [4.78, 5) is 28.5. The van der Waals surface area contributed by atoms with Crippen molar-refractivity contribution in [3.63, 3.8) is 0 Å². The van der Waals surface area contributed by atoms with Crippen LogP contribution in [0.3, 0.4) is 0 Å². The molecule has 0 atom stereocenters. The quantitative estimate of drug-likeness (QED) is 0.422. The van der Waals surface area contributed by atoms with Gasteiger partial charge in [0.25, 0.3) is 0 Å². The van der Waals surface area contributed by atoms with Gasteiger partial charge in [0.1, 0.15) is 12.1 Å². The molecule has 0 spiro atoms. The number of nitro groups is 1. The number of piperazine rings is 2. The summed E-state index contributed by atoms with van der Waals surface area (Å²) in [5.41, 5.74) is 1.64.